The Hall–Kier alpha value is 0.160. The monoisotopic (exact) mass is 270 g/mol. The van der Waals surface area contributed by atoms with Crippen LogP contribution in [-0.4, -0.2) is 33.3 Å². The molecule has 0 aromatic rings. The van der Waals surface area contributed by atoms with Crippen LogP contribution in [-0.2, 0) is 10.0 Å². The number of halogens is 1. The number of hydrogen-bond acceptors (Lipinski definition) is 3. The van der Waals surface area contributed by atoms with Gasteiger partial charge in [-0.25, -0.2) is 13.1 Å². The fraction of sp³-hybridized carbons (Fsp3) is 1.00. The van der Waals surface area contributed by atoms with Crippen LogP contribution in [0.25, 0.3) is 0 Å². The second-order valence-corrected chi connectivity index (χ2v) is 7.23. The molecule has 0 bridgehead atoms. The number of rotatable bonds is 3. The smallest absolute Gasteiger partial charge is 0.212 e. The minimum absolute atomic E-state index is 0. The van der Waals surface area contributed by atoms with E-state index in [1.54, 1.807) is 0 Å². The van der Waals surface area contributed by atoms with Crippen molar-refractivity contribution in [3.8, 4) is 0 Å². The lowest BCUT2D eigenvalue weighted by molar-refractivity contribution is 0.417. The molecule has 98 valence electrons. The molecule has 1 rings (SSSR count). The van der Waals surface area contributed by atoms with Crippen molar-refractivity contribution >= 4 is 22.4 Å². The fourth-order valence-corrected chi connectivity index (χ4v) is 3.75. The highest BCUT2D eigenvalue weighted by Crippen LogP contribution is 2.16. The lowest BCUT2D eigenvalue weighted by atomic mass is 10.0. The zero-order chi connectivity index (χ0) is 11.5. The van der Waals surface area contributed by atoms with E-state index in [0.29, 0.717) is 0 Å². The average molecular weight is 271 g/mol. The van der Waals surface area contributed by atoms with Crippen LogP contribution < -0.4 is 10.0 Å². The number of hydrogen-bond donors (Lipinski definition) is 2. The van der Waals surface area contributed by atoms with Crippen LogP contribution in [0.15, 0.2) is 0 Å². The van der Waals surface area contributed by atoms with Gasteiger partial charge in [0, 0.05) is 12.6 Å². The van der Waals surface area contributed by atoms with Crippen molar-refractivity contribution in [2.45, 2.75) is 39.7 Å². The molecule has 0 saturated carbocycles. The predicted octanol–water partition coefficient (Wildman–Crippen LogP) is 1.13. The molecule has 0 amide bonds. The van der Waals surface area contributed by atoms with Gasteiger partial charge in [-0.3, -0.25) is 0 Å². The van der Waals surface area contributed by atoms with Crippen LogP contribution in [0.5, 0.6) is 0 Å². The van der Waals surface area contributed by atoms with Gasteiger partial charge < -0.3 is 5.32 Å². The molecule has 0 aromatic carbocycles. The first-order chi connectivity index (χ1) is 6.79. The average Bonchev–Trinajstić information content (AvgIpc) is 1.99. The third-order valence-corrected chi connectivity index (χ3v) is 4.20. The topological polar surface area (TPSA) is 58.2 Å². The van der Waals surface area contributed by atoms with Crippen molar-refractivity contribution in [2.24, 2.45) is 5.41 Å². The van der Waals surface area contributed by atoms with Gasteiger partial charge in [0.2, 0.25) is 10.0 Å². The van der Waals surface area contributed by atoms with Crippen molar-refractivity contribution in [1.82, 2.24) is 10.0 Å². The van der Waals surface area contributed by atoms with E-state index in [-0.39, 0.29) is 29.6 Å². The largest absolute Gasteiger partial charge is 0.315 e. The van der Waals surface area contributed by atoms with Crippen molar-refractivity contribution in [3.05, 3.63) is 0 Å². The van der Waals surface area contributed by atoms with E-state index < -0.39 is 10.0 Å². The molecular weight excluding hydrogens is 248 g/mol. The van der Waals surface area contributed by atoms with Gasteiger partial charge in [-0.05, 0) is 24.8 Å². The van der Waals surface area contributed by atoms with Gasteiger partial charge in [-0.2, -0.15) is 0 Å². The third kappa shape index (κ3) is 6.68. The Morgan fingerprint density at radius 3 is 2.44 bits per heavy atom. The minimum atomic E-state index is -3.13. The molecule has 0 aliphatic carbocycles. The molecule has 1 heterocycles. The molecule has 2 N–H and O–H groups in total. The van der Waals surface area contributed by atoms with Crippen LogP contribution in [0.2, 0.25) is 0 Å². The van der Waals surface area contributed by atoms with E-state index in [0.717, 1.165) is 25.9 Å². The lowest BCUT2D eigenvalue weighted by Gasteiger charge is -2.26. The highest BCUT2D eigenvalue weighted by molar-refractivity contribution is 7.89. The van der Waals surface area contributed by atoms with Gasteiger partial charge in [0.1, 0.15) is 0 Å². The van der Waals surface area contributed by atoms with Gasteiger partial charge in [0.05, 0.1) is 5.75 Å². The summed E-state index contributed by atoms with van der Waals surface area (Å²) in [6, 6.07) is 0.0751. The zero-order valence-electron chi connectivity index (χ0n) is 10.2. The van der Waals surface area contributed by atoms with E-state index in [1.807, 2.05) is 20.8 Å². The second kappa shape index (κ2) is 6.19. The minimum Gasteiger partial charge on any atom is -0.315 e. The standard InChI is InChI=1S/C10H22N2O2S.ClH/c1-10(2,3)8-15(13,14)12-9-5-4-6-11-7-9;/h9,11-12H,4-8H2,1-3H3;1H/t9-;/m1./s1. The highest BCUT2D eigenvalue weighted by Gasteiger charge is 2.25. The number of sulfonamides is 1. The summed E-state index contributed by atoms with van der Waals surface area (Å²) in [5.41, 5.74) is -0.187. The lowest BCUT2D eigenvalue weighted by Crippen LogP contribution is -2.47. The molecule has 0 spiro atoms. The molecule has 1 fully saturated rings. The Bertz CT molecular complexity index is 292. The first-order valence-corrected chi connectivity index (χ1v) is 7.14. The molecule has 6 heteroatoms. The summed E-state index contributed by atoms with van der Waals surface area (Å²) in [5, 5.41) is 3.19. The Labute approximate surface area is 105 Å². The van der Waals surface area contributed by atoms with E-state index >= 15 is 0 Å². The first-order valence-electron chi connectivity index (χ1n) is 5.49. The fourth-order valence-electron chi connectivity index (χ4n) is 1.82. The maximum atomic E-state index is 11.8. The quantitative estimate of drug-likeness (QED) is 0.808. The van der Waals surface area contributed by atoms with Gasteiger partial charge in [-0.1, -0.05) is 20.8 Å². The van der Waals surface area contributed by atoms with Crippen molar-refractivity contribution in [3.63, 3.8) is 0 Å². The first kappa shape index (κ1) is 16.2. The highest BCUT2D eigenvalue weighted by atomic mass is 35.5. The third-order valence-electron chi connectivity index (χ3n) is 2.27. The molecule has 0 unspecified atom stereocenters. The summed E-state index contributed by atoms with van der Waals surface area (Å²) in [4.78, 5) is 0. The van der Waals surface area contributed by atoms with Crippen molar-refractivity contribution < 1.29 is 8.42 Å². The summed E-state index contributed by atoms with van der Waals surface area (Å²) in [6.07, 6.45) is 1.99. The molecule has 4 nitrogen and oxygen atoms in total. The molecule has 1 saturated heterocycles. The van der Waals surface area contributed by atoms with Crippen LogP contribution in [0.1, 0.15) is 33.6 Å². The van der Waals surface area contributed by atoms with E-state index in [9.17, 15) is 8.42 Å². The van der Waals surface area contributed by atoms with Crippen molar-refractivity contribution in [2.75, 3.05) is 18.8 Å². The SMILES string of the molecule is CC(C)(C)CS(=O)(=O)N[C@@H]1CCCNC1.Cl. The molecule has 0 radical (unpaired) electrons. The van der Waals surface area contributed by atoms with Crippen molar-refractivity contribution in [1.29, 1.82) is 0 Å². The summed E-state index contributed by atoms with van der Waals surface area (Å²) in [5.74, 6) is 0.191. The second-order valence-electron chi connectivity index (χ2n) is 5.48. The van der Waals surface area contributed by atoms with Gasteiger partial charge >= 0.3 is 0 Å². The number of piperidine rings is 1. The normalized spacial score (nSPS) is 22.6. The molecule has 0 aromatic heterocycles. The van der Waals surface area contributed by atoms with E-state index in [1.165, 1.54) is 0 Å². The van der Waals surface area contributed by atoms with Gasteiger partial charge in [0.15, 0.2) is 0 Å². The maximum absolute atomic E-state index is 11.8. The molecule has 1 aliphatic heterocycles. The summed E-state index contributed by atoms with van der Waals surface area (Å²) in [7, 11) is -3.13. The van der Waals surface area contributed by atoms with Crippen LogP contribution in [0, 0.1) is 5.41 Å². The Morgan fingerprint density at radius 2 is 2.00 bits per heavy atom. The van der Waals surface area contributed by atoms with E-state index in [4.69, 9.17) is 0 Å². The van der Waals surface area contributed by atoms with Crippen LogP contribution >= 0.6 is 12.4 Å². The molecule has 1 atom stereocenters. The summed E-state index contributed by atoms with van der Waals surface area (Å²) in [6.45, 7) is 7.56. The maximum Gasteiger partial charge on any atom is 0.212 e. The van der Waals surface area contributed by atoms with Gasteiger partial charge in [-0.15, -0.1) is 12.4 Å². The Morgan fingerprint density at radius 1 is 1.38 bits per heavy atom. The zero-order valence-corrected chi connectivity index (χ0v) is 11.9. The summed E-state index contributed by atoms with van der Waals surface area (Å²) < 4.78 is 26.3. The molecule has 16 heavy (non-hydrogen) atoms. The Balaban J connectivity index is 0.00000225. The number of nitrogens with one attached hydrogen (secondary N) is 2. The van der Waals surface area contributed by atoms with Crippen LogP contribution in [0.4, 0.5) is 0 Å². The predicted molar refractivity (Wildman–Crippen MR) is 69.5 cm³/mol. The molecular formula is C10H23ClN2O2S. The summed E-state index contributed by atoms with van der Waals surface area (Å²) >= 11 is 0. The molecule has 1 aliphatic rings. The Kier molecular flexibility index (Phi) is 6.25. The van der Waals surface area contributed by atoms with E-state index in [2.05, 4.69) is 10.0 Å². The van der Waals surface area contributed by atoms with Crippen LogP contribution in [0.3, 0.4) is 0 Å². The van der Waals surface area contributed by atoms with Gasteiger partial charge in [0.25, 0.3) is 0 Å².